The lowest BCUT2D eigenvalue weighted by Crippen LogP contribution is -2.24. The summed E-state index contributed by atoms with van der Waals surface area (Å²) in [5.74, 6) is 0.351. The highest BCUT2D eigenvalue weighted by molar-refractivity contribution is 14.1. The van der Waals surface area contributed by atoms with Crippen LogP contribution in [0.15, 0.2) is 0 Å². The van der Waals surface area contributed by atoms with E-state index in [2.05, 4.69) is 36.4 Å². The maximum Gasteiger partial charge on any atom is 0.230 e. The zero-order valence-electron chi connectivity index (χ0n) is 5.73. The van der Waals surface area contributed by atoms with E-state index in [1.54, 1.807) is 0 Å². The Morgan fingerprint density at radius 1 is 1.67 bits per heavy atom. The van der Waals surface area contributed by atoms with Gasteiger partial charge in [-0.3, -0.25) is 4.79 Å². The molecule has 2 nitrogen and oxygen atoms in total. The molecule has 0 spiro atoms. The van der Waals surface area contributed by atoms with Crippen LogP contribution in [0.4, 0.5) is 0 Å². The average molecular weight is 241 g/mol. The van der Waals surface area contributed by atoms with Crippen LogP contribution in [0.25, 0.3) is 0 Å². The first-order valence-electron chi connectivity index (χ1n) is 2.97. The summed E-state index contributed by atoms with van der Waals surface area (Å²) in [6, 6.07) is 0. The van der Waals surface area contributed by atoms with E-state index in [1.807, 2.05) is 0 Å². The number of halogens is 1. The fraction of sp³-hybridized carbons (Fsp3) is 0.833. The number of amides is 1. The van der Waals surface area contributed by atoms with E-state index in [-0.39, 0.29) is 9.83 Å². The summed E-state index contributed by atoms with van der Waals surface area (Å²) < 4.78 is 0.00241. The summed E-state index contributed by atoms with van der Waals surface area (Å²) in [5.41, 5.74) is 5.04. The zero-order valence-corrected chi connectivity index (χ0v) is 7.88. The van der Waals surface area contributed by atoms with Gasteiger partial charge in [0.25, 0.3) is 0 Å². The molecule has 3 heteroatoms. The van der Waals surface area contributed by atoms with Gasteiger partial charge in [0.2, 0.25) is 5.91 Å². The van der Waals surface area contributed by atoms with Crippen molar-refractivity contribution in [2.24, 2.45) is 11.7 Å². The molecule has 0 aliphatic heterocycles. The maximum atomic E-state index is 10.4. The SMILES string of the molecule is CC(C)C[C@H](I)C(N)=O. The molecule has 0 unspecified atom stereocenters. The van der Waals surface area contributed by atoms with Crippen molar-refractivity contribution in [3.05, 3.63) is 0 Å². The van der Waals surface area contributed by atoms with Crippen molar-refractivity contribution in [3.8, 4) is 0 Å². The van der Waals surface area contributed by atoms with Gasteiger partial charge in [-0.15, -0.1) is 0 Å². The maximum absolute atomic E-state index is 10.4. The number of carbonyl (C=O) groups excluding carboxylic acids is 1. The van der Waals surface area contributed by atoms with Gasteiger partial charge in [-0.1, -0.05) is 36.4 Å². The van der Waals surface area contributed by atoms with Gasteiger partial charge in [-0.25, -0.2) is 0 Å². The minimum absolute atomic E-state index is 0.00241. The monoisotopic (exact) mass is 241 g/mol. The second-order valence-corrected chi connectivity index (χ2v) is 4.00. The van der Waals surface area contributed by atoms with Gasteiger partial charge in [0.05, 0.1) is 3.92 Å². The third-order valence-electron chi connectivity index (χ3n) is 0.987. The van der Waals surface area contributed by atoms with E-state index in [0.717, 1.165) is 6.42 Å². The van der Waals surface area contributed by atoms with E-state index in [9.17, 15) is 4.79 Å². The van der Waals surface area contributed by atoms with Crippen LogP contribution in [0.1, 0.15) is 20.3 Å². The summed E-state index contributed by atoms with van der Waals surface area (Å²) in [6.07, 6.45) is 0.885. The second kappa shape index (κ2) is 4.09. The lowest BCUT2D eigenvalue weighted by Gasteiger charge is -2.06. The molecule has 0 rings (SSSR count). The molecule has 1 atom stereocenters. The molecule has 0 aliphatic rings. The van der Waals surface area contributed by atoms with Crippen molar-refractivity contribution in [1.29, 1.82) is 0 Å². The van der Waals surface area contributed by atoms with Crippen LogP contribution in [-0.2, 0) is 4.79 Å². The Morgan fingerprint density at radius 3 is 2.22 bits per heavy atom. The lowest BCUT2D eigenvalue weighted by molar-refractivity contribution is -0.117. The topological polar surface area (TPSA) is 43.1 Å². The second-order valence-electron chi connectivity index (χ2n) is 2.50. The summed E-state index contributed by atoms with van der Waals surface area (Å²) in [6.45, 7) is 4.16. The quantitative estimate of drug-likeness (QED) is 0.587. The molecule has 0 aromatic carbocycles. The van der Waals surface area contributed by atoms with Crippen LogP contribution in [0.5, 0.6) is 0 Å². The predicted molar refractivity (Wildman–Crippen MR) is 46.5 cm³/mol. The molecule has 0 aliphatic carbocycles. The van der Waals surface area contributed by atoms with Gasteiger partial charge in [-0.2, -0.15) is 0 Å². The van der Waals surface area contributed by atoms with Gasteiger partial charge in [0.15, 0.2) is 0 Å². The van der Waals surface area contributed by atoms with Crippen molar-refractivity contribution in [3.63, 3.8) is 0 Å². The Labute approximate surface area is 69.3 Å². The predicted octanol–water partition coefficient (Wildman–Crippen LogP) is 1.32. The normalized spacial score (nSPS) is 13.8. The Balaban J connectivity index is 3.50. The molecule has 0 saturated heterocycles. The summed E-state index contributed by atoms with van der Waals surface area (Å²) >= 11 is 2.07. The van der Waals surface area contributed by atoms with Crippen LogP contribution in [0, 0.1) is 5.92 Å². The number of nitrogens with two attached hydrogens (primary N) is 1. The molecule has 9 heavy (non-hydrogen) atoms. The fourth-order valence-electron chi connectivity index (χ4n) is 0.530. The first kappa shape index (κ1) is 9.20. The Morgan fingerprint density at radius 2 is 2.11 bits per heavy atom. The van der Waals surface area contributed by atoms with Crippen LogP contribution >= 0.6 is 22.6 Å². The lowest BCUT2D eigenvalue weighted by atomic mass is 10.1. The average Bonchev–Trinajstić information content (AvgIpc) is 1.63. The minimum atomic E-state index is -0.204. The minimum Gasteiger partial charge on any atom is -0.369 e. The Bertz CT molecular complexity index is 103. The van der Waals surface area contributed by atoms with Crippen LogP contribution in [-0.4, -0.2) is 9.83 Å². The van der Waals surface area contributed by atoms with Gasteiger partial charge < -0.3 is 5.73 Å². The van der Waals surface area contributed by atoms with E-state index in [0.29, 0.717) is 5.92 Å². The molecule has 54 valence electrons. The highest BCUT2D eigenvalue weighted by atomic mass is 127. The van der Waals surface area contributed by atoms with Crippen molar-refractivity contribution in [2.75, 3.05) is 0 Å². The zero-order chi connectivity index (χ0) is 7.44. The van der Waals surface area contributed by atoms with E-state index < -0.39 is 0 Å². The van der Waals surface area contributed by atoms with E-state index in [1.165, 1.54) is 0 Å². The highest BCUT2D eigenvalue weighted by Gasteiger charge is 2.11. The van der Waals surface area contributed by atoms with Crippen molar-refractivity contribution < 1.29 is 4.79 Å². The molecule has 1 amide bonds. The molecule has 0 aromatic rings. The van der Waals surface area contributed by atoms with Crippen LogP contribution in [0.2, 0.25) is 0 Å². The van der Waals surface area contributed by atoms with Gasteiger partial charge in [-0.05, 0) is 12.3 Å². The van der Waals surface area contributed by atoms with E-state index in [4.69, 9.17) is 5.73 Å². The summed E-state index contributed by atoms with van der Waals surface area (Å²) in [4.78, 5) is 10.4. The van der Waals surface area contributed by atoms with E-state index >= 15 is 0 Å². The molecule has 0 bridgehead atoms. The largest absolute Gasteiger partial charge is 0.369 e. The number of hydrogen-bond donors (Lipinski definition) is 1. The van der Waals surface area contributed by atoms with Crippen molar-refractivity contribution >= 4 is 28.5 Å². The van der Waals surface area contributed by atoms with Gasteiger partial charge in [0.1, 0.15) is 0 Å². The number of rotatable bonds is 3. The van der Waals surface area contributed by atoms with Crippen LogP contribution < -0.4 is 5.73 Å². The Kier molecular flexibility index (Phi) is 4.18. The Hall–Kier alpha value is 0.200. The number of alkyl halides is 1. The molecule has 2 N–H and O–H groups in total. The fourth-order valence-corrected chi connectivity index (χ4v) is 1.55. The molecule has 0 heterocycles. The summed E-state index contributed by atoms with van der Waals surface area (Å²) in [5, 5.41) is 0. The van der Waals surface area contributed by atoms with Gasteiger partial charge >= 0.3 is 0 Å². The summed E-state index contributed by atoms with van der Waals surface area (Å²) in [7, 11) is 0. The van der Waals surface area contributed by atoms with Crippen molar-refractivity contribution in [1.82, 2.24) is 0 Å². The first-order valence-corrected chi connectivity index (χ1v) is 4.22. The number of primary amides is 1. The molecule has 0 fully saturated rings. The molecular weight excluding hydrogens is 229 g/mol. The van der Waals surface area contributed by atoms with Crippen LogP contribution in [0.3, 0.4) is 0 Å². The third-order valence-corrected chi connectivity index (χ3v) is 2.11. The standard InChI is InChI=1S/C6H12INO/c1-4(2)3-5(7)6(8)9/h4-5H,3H2,1-2H3,(H2,8,9)/t5-/m0/s1. The highest BCUT2D eigenvalue weighted by Crippen LogP contribution is 2.11. The first-order chi connectivity index (χ1) is 4.04. The number of carbonyl (C=O) groups is 1. The van der Waals surface area contributed by atoms with Crippen molar-refractivity contribution in [2.45, 2.75) is 24.2 Å². The third kappa shape index (κ3) is 4.69. The molecule has 0 saturated carbocycles. The smallest absolute Gasteiger partial charge is 0.230 e. The molecule has 0 radical (unpaired) electrons. The molecular formula is C6H12INO. The molecule has 0 aromatic heterocycles. The van der Waals surface area contributed by atoms with Gasteiger partial charge in [0, 0.05) is 0 Å². The number of hydrogen-bond acceptors (Lipinski definition) is 1.